The predicted octanol–water partition coefficient (Wildman–Crippen LogP) is 3.79. The van der Waals surface area contributed by atoms with E-state index < -0.39 is 0 Å². The molecular weight excluding hydrogens is 538 g/mol. The number of nitrogens with zero attached hydrogens (tertiary/aromatic N) is 7. The number of nitrogens with two attached hydrogens (primary N) is 1. The molecule has 0 saturated heterocycles. The molecule has 1 aromatic carbocycles. The molecule has 5 N–H and O–H groups in total. The van der Waals surface area contributed by atoms with E-state index in [1.807, 2.05) is 77.1 Å². The topological polar surface area (TPSA) is 119 Å². The number of nitrogens with one attached hydrogen (secondary N) is 3. The molecule has 0 spiro atoms. The van der Waals surface area contributed by atoms with Crippen molar-refractivity contribution >= 4 is 39.8 Å². The predicted molar refractivity (Wildman–Crippen MR) is 176 cm³/mol. The first-order chi connectivity index (χ1) is 20.8. The molecule has 0 aliphatic heterocycles. The summed E-state index contributed by atoms with van der Waals surface area (Å²) in [6.45, 7) is 6.48. The van der Waals surface area contributed by atoms with Crippen LogP contribution in [0.25, 0.3) is 5.52 Å². The van der Waals surface area contributed by atoms with Crippen molar-refractivity contribution in [3.05, 3.63) is 90.9 Å². The number of aliphatic imine (C=N–C) groups is 1. The maximum Gasteiger partial charge on any atom is 0.243 e. The van der Waals surface area contributed by atoms with Crippen LogP contribution in [-0.4, -0.2) is 70.8 Å². The second-order valence-corrected chi connectivity index (χ2v) is 11.0. The number of aromatic nitrogens is 4. The molecule has 0 saturated carbocycles. The van der Waals surface area contributed by atoms with Crippen molar-refractivity contribution in [2.24, 2.45) is 17.8 Å². The molecule has 1 aliphatic rings. The molecule has 5 rings (SSSR count). The summed E-state index contributed by atoms with van der Waals surface area (Å²) in [5.41, 5.74) is 12.0. The number of rotatable bonds is 13. The van der Waals surface area contributed by atoms with E-state index in [0.29, 0.717) is 22.8 Å². The van der Waals surface area contributed by atoms with Gasteiger partial charge in [-0.15, -0.1) is 5.10 Å². The molecular formula is C32H42N11+. The first-order valence-electron chi connectivity index (χ1n) is 14.7. The molecule has 11 heteroatoms. The third-order valence-electron chi connectivity index (χ3n) is 7.30. The molecule has 4 aromatic rings. The molecule has 1 aliphatic carbocycles. The van der Waals surface area contributed by atoms with Crippen molar-refractivity contribution in [2.75, 3.05) is 55.8 Å². The van der Waals surface area contributed by atoms with E-state index in [-0.39, 0.29) is 0 Å². The van der Waals surface area contributed by atoms with Gasteiger partial charge in [0.15, 0.2) is 5.82 Å². The van der Waals surface area contributed by atoms with Crippen LogP contribution in [0.2, 0.25) is 0 Å². The van der Waals surface area contributed by atoms with Crippen molar-refractivity contribution in [2.45, 2.75) is 19.9 Å². The minimum atomic E-state index is 0.304. The normalized spacial score (nSPS) is 14.3. The summed E-state index contributed by atoms with van der Waals surface area (Å²) in [6, 6.07) is 14.1. The Kier molecular flexibility index (Phi) is 9.21. The SMILES string of the molecule is CCN(CCN(C)C)c1nn2ccccc2c1/N=C1/C=C(Nc2ccc(NCCCn3cc[n+](C)c3)cc2)C(=N)C=C1N. The minimum Gasteiger partial charge on any atom is -0.397 e. The zero-order valence-corrected chi connectivity index (χ0v) is 25.5. The van der Waals surface area contributed by atoms with Gasteiger partial charge in [0.25, 0.3) is 0 Å². The van der Waals surface area contributed by atoms with Gasteiger partial charge in [-0.05, 0) is 69.6 Å². The molecule has 0 fully saturated rings. The standard InChI is InChI=1S/C32H42N11/c1-5-42(20-17-39(2)3)32-31(30-9-6-7-16-43(30)38-32)37-29-22-28(26(33)21-27(29)34)36-25-12-10-24(11-13-25)35-14-8-15-41-19-18-40(4)23-41/h6-7,9-13,16,18-19,21-23,33,35-36H,5,8,14-15,17,20,34H2,1-4H3/q+1/b33-26?,37-29-. The van der Waals surface area contributed by atoms with E-state index >= 15 is 0 Å². The van der Waals surface area contributed by atoms with Crippen LogP contribution in [0.3, 0.4) is 0 Å². The van der Waals surface area contributed by atoms with Crippen LogP contribution in [-0.2, 0) is 13.6 Å². The van der Waals surface area contributed by atoms with Gasteiger partial charge in [0.2, 0.25) is 6.33 Å². The van der Waals surface area contributed by atoms with Gasteiger partial charge >= 0.3 is 0 Å². The number of anilines is 3. The third kappa shape index (κ3) is 7.31. The number of fused-ring (bicyclic) bond motifs is 1. The number of benzene rings is 1. The van der Waals surface area contributed by atoms with E-state index in [0.717, 1.165) is 67.5 Å². The van der Waals surface area contributed by atoms with Crippen LogP contribution < -0.4 is 25.8 Å². The van der Waals surface area contributed by atoms with E-state index in [4.69, 9.17) is 21.2 Å². The van der Waals surface area contributed by atoms with E-state index in [1.165, 1.54) is 0 Å². The highest BCUT2D eigenvalue weighted by Gasteiger charge is 2.21. The smallest absolute Gasteiger partial charge is 0.243 e. The summed E-state index contributed by atoms with van der Waals surface area (Å²) < 4.78 is 6.09. The van der Waals surface area contributed by atoms with E-state index in [2.05, 4.69) is 58.5 Å². The van der Waals surface area contributed by atoms with Crippen molar-refractivity contribution in [3.63, 3.8) is 0 Å². The number of hydrogen-bond donors (Lipinski definition) is 4. The fraction of sp³-hybridized carbons (Fsp3) is 0.312. The largest absolute Gasteiger partial charge is 0.397 e. The fourth-order valence-corrected chi connectivity index (χ4v) is 4.91. The van der Waals surface area contributed by atoms with E-state index in [1.54, 1.807) is 6.08 Å². The highest BCUT2D eigenvalue weighted by atomic mass is 15.3. The van der Waals surface area contributed by atoms with E-state index in [9.17, 15) is 0 Å². The lowest BCUT2D eigenvalue weighted by Gasteiger charge is -2.23. The maximum atomic E-state index is 8.57. The van der Waals surface area contributed by atoms with Crippen molar-refractivity contribution < 1.29 is 4.57 Å². The fourth-order valence-electron chi connectivity index (χ4n) is 4.91. The van der Waals surface area contributed by atoms with Crippen molar-refractivity contribution in [1.29, 1.82) is 5.41 Å². The lowest BCUT2D eigenvalue weighted by molar-refractivity contribution is -0.671. The number of pyridine rings is 1. The highest BCUT2D eigenvalue weighted by molar-refractivity contribution is 6.24. The van der Waals surface area contributed by atoms with Gasteiger partial charge in [-0.1, -0.05) is 6.07 Å². The Balaban J connectivity index is 1.32. The minimum absolute atomic E-state index is 0.304. The summed E-state index contributed by atoms with van der Waals surface area (Å²) in [5.74, 6) is 0.810. The maximum absolute atomic E-state index is 8.57. The van der Waals surface area contributed by atoms with Crippen LogP contribution >= 0.6 is 0 Å². The second kappa shape index (κ2) is 13.4. The summed E-state index contributed by atoms with van der Waals surface area (Å²) >= 11 is 0. The summed E-state index contributed by atoms with van der Waals surface area (Å²) in [5, 5.41) is 20.3. The monoisotopic (exact) mass is 580 g/mol. The summed E-state index contributed by atoms with van der Waals surface area (Å²) in [7, 11) is 6.16. The summed E-state index contributed by atoms with van der Waals surface area (Å²) in [4.78, 5) is 9.44. The number of likely N-dealkylation sites (N-methyl/N-ethyl adjacent to an activating group) is 2. The Morgan fingerprint density at radius 3 is 2.56 bits per heavy atom. The number of imidazole rings is 1. The van der Waals surface area contributed by atoms with Gasteiger partial charge < -0.3 is 26.2 Å². The average molecular weight is 581 g/mol. The van der Waals surface area contributed by atoms with Crippen LogP contribution in [0.5, 0.6) is 0 Å². The Morgan fingerprint density at radius 1 is 1.05 bits per heavy atom. The molecule has 0 radical (unpaired) electrons. The zero-order chi connectivity index (χ0) is 30.3. The van der Waals surface area contributed by atoms with Gasteiger partial charge in [-0.2, -0.15) is 0 Å². The molecule has 43 heavy (non-hydrogen) atoms. The Hall–Kier alpha value is -4.90. The molecule has 3 aromatic heterocycles. The third-order valence-corrected chi connectivity index (χ3v) is 7.30. The molecule has 224 valence electrons. The lowest BCUT2D eigenvalue weighted by Crippen LogP contribution is -2.32. The first kappa shape index (κ1) is 29.6. The first-order valence-corrected chi connectivity index (χ1v) is 14.7. The molecule has 0 bridgehead atoms. The van der Waals surface area contributed by atoms with Gasteiger partial charge in [0.1, 0.15) is 18.1 Å². The molecule has 0 amide bonds. The van der Waals surface area contributed by atoms with Gasteiger partial charge in [0.05, 0.1) is 41.9 Å². The Morgan fingerprint density at radius 2 is 1.84 bits per heavy atom. The lowest BCUT2D eigenvalue weighted by atomic mass is 10.0. The summed E-state index contributed by atoms with van der Waals surface area (Å²) in [6.07, 6.45) is 12.7. The van der Waals surface area contributed by atoms with Crippen molar-refractivity contribution in [3.8, 4) is 0 Å². The van der Waals surface area contributed by atoms with Gasteiger partial charge in [0, 0.05) is 50.2 Å². The molecule has 3 heterocycles. The van der Waals surface area contributed by atoms with Gasteiger partial charge in [-0.3, -0.25) is 5.41 Å². The Labute approximate surface area is 253 Å². The molecule has 11 nitrogen and oxygen atoms in total. The number of hydrogen-bond acceptors (Lipinski definition) is 8. The second-order valence-electron chi connectivity index (χ2n) is 11.0. The Bertz CT molecular complexity index is 1650. The van der Waals surface area contributed by atoms with Crippen LogP contribution in [0, 0.1) is 5.41 Å². The number of allylic oxidation sites excluding steroid dienone is 2. The molecule has 0 unspecified atom stereocenters. The van der Waals surface area contributed by atoms with Crippen LogP contribution in [0.15, 0.2) is 95.9 Å². The quantitative estimate of drug-likeness (QED) is 0.109. The average Bonchev–Trinajstić information content (AvgIpc) is 3.57. The molecule has 0 atom stereocenters. The van der Waals surface area contributed by atoms with Crippen LogP contribution in [0.4, 0.5) is 22.9 Å². The number of aryl methyl sites for hydroxylation is 2. The van der Waals surface area contributed by atoms with Crippen LogP contribution in [0.1, 0.15) is 13.3 Å². The van der Waals surface area contributed by atoms with Crippen molar-refractivity contribution in [1.82, 2.24) is 19.1 Å². The zero-order valence-electron chi connectivity index (χ0n) is 25.5. The van der Waals surface area contributed by atoms with Gasteiger partial charge in [-0.25, -0.2) is 18.6 Å². The highest BCUT2D eigenvalue weighted by Crippen LogP contribution is 2.33.